The molecule has 4 rings (SSSR count). The van der Waals surface area contributed by atoms with Gasteiger partial charge in [-0.15, -0.1) is 5.10 Å². The highest BCUT2D eigenvalue weighted by Gasteiger charge is 2.39. The van der Waals surface area contributed by atoms with Gasteiger partial charge >= 0.3 is 0 Å². The maximum Gasteiger partial charge on any atom is 0.230 e. The fourth-order valence-electron chi connectivity index (χ4n) is 3.75. The molecule has 0 aliphatic heterocycles. The number of fused-ring (bicyclic) bond motifs is 2. The smallest absolute Gasteiger partial charge is 0.230 e. The number of carbonyl (C=O) groups excluding carboxylic acids is 1. The van der Waals surface area contributed by atoms with Crippen molar-refractivity contribution in [1.82, 2.24) is 25.5 Å². The van der Waals surface area contributed by atoms with E-state index in [0.717, 1.165) is 17.9 Å². The highest BCUT2D eigenvalue weighted by Crippen LogP contribution is 2.44. The number of nitrogens with one attached hydrogen (secondary N) is 2. The topological polar surface area (TPSA) is 83.6 Å². The standard InChI is InChI=1S/C16H19N5OS/c22-14(18-13-8-10-1-2-12(13)7-10)9-23-16-19-15(20-21-16)11-3-5-17-6-4-11/h3-6,10,12-13H,1-2,7-9H2,(H,18,22)(H,19,20,21)/t10-,12-,13+/m0/s1. The molecule has 2 saturated carbocycles. The minimum atomic E-state index is 0.0859. The molecule has 2 aromatic heterocycles. The molecule has 2 aliphatic rings. The number of nitrogens with zero attached hydrogens (tertiary/aromatic N) is 3. The lowest BCUT2D eigenvalue weighted by Crippen LogP contribution is -2.39. The Morgan fingerprint density at radius 2 is 2.17 bits per heavy atom. The zero-order valence-corrected chi connectivity index (χ0v) is 13.6. The predicted molar refractivity (Wildman–Crippen MR) is 87.7 cm³/mol. The summed E-state index contributed by atoms with van der Waals surface area (Å²) in [5.41, 5.74) is 0.936. The molecule has 2 fully saturated rings. The molecule has 120 valence electrons. The van der Waals surface area contributed by atoms with Crippen molar-refractivity contribution in [1.29, 1.82) is 0 Å². The second-order valence-corrected chi connectivity index (χ2v) is 7.28. The molecule has 7 heteroatoms. The number of amides is 1. The second-order valence-electron chi connectivity index (χ2n) is 6.34. The van der Waals surface area contributed by atoms with Gasteiger partial charge in [-0.1, -0.05) is 18.2 Å². The molecule has 23 heavy (non-hydrogen) atoms. The molecule has 3 atom stereocenters. The summed E-state index contributed by atoms with van der Waals surface area (Å²) in [6.07, 6.45) is 8.52. The van der Waals surface area contributed by atoms with Gasteiger partial charge in [0.1, 0.15) is 0 Å². The van der Waals surface area contributed by atoms with Crippen LogP contribution < -0.4 is 5.32 Å². The minimum Gasteiger partial charge on any atom is -0.352 e. The molecular weight excluding hydrogens is 310 g/mol. The van der Waals surface area contributed by atoms with Crippen LogP contribution in [0.5, 0.6) is 0 Å². The van der Waals surface area contributed by atoms with E-state index in [4.69, 9.17) is 0 Å². The average Bonchev–Trinajstić information content (AvgIpc) is 3.30. The van der Waals surface area contributed by atoms with Crippen LogP contribution in [-0.4, -0.2) is 37.9 Å². The molecule has 0 aromatic carbocycles. The Labute approximate surface area is 138 Å². The van der Waals surface area contributed by atoms with E-state index in [9.17, 15) is 4.79 Å². The molecule has 0 unspecified atom stereocenters. The summed E-state index contributed by atoms with van der Waals surface area (Å²) in [6, 6.07) is 4.13. The molecular formula is C16H19N5OS. The summed E-state index contributed by atoms with van der Waals surface area (Å²) >= 11 is 1.37. The number of thioether (sulfide) groups is 1. The van der Waals surface area contributed by atoms with Crippen molar-refractivity contribution in [2.24, 2.45) is 11.8 Å². The Morgan fingerprint density at radius 1 is 1.30 bits per heavy atom. The van der Waals surface area contributed by atoms with E-state index in [1.807, 2.05) is 12.1 Å². The van der Waals surface area contributed by atoms with Gasteiger partial charge in [-0.3, -0.25) is 14.9 Å². The number of hydrogen-bond acceptors (Lipinski definition) is 5. The molecule has 0 saturated heterocycles. The summed E-state index contributed by atoms with van der Waals surface area (Å²) in [7, 11) is 0. The first-order valence-corrected chi connectivity index (χ1v) is 9.01. The van der Waals surface area contributed by atoms with E-state index in [1.165, 1.54) is 31.0 Å². The number of rotatable bonds is 5. The molecule has 2 aliphatic carbocycles. The van der Waals surface area contributed by atoms with Crippen molar-refractivity contribution in [3.8, 4) is 11.4 Å². The molecule has 2 heterocycles. The summed E-state index contributed by atoms with van der Waals surface area (Å²) < 4.78 is 0. The van der Waals surface area contributed by atoms with E-state index < -0.39 is 0 Å². The van der Waals surface area contributed by atoms with Crippen LogP contribution in [0.15, 0.2) is 29.7 Å². The fraction of sp³-hybridized carbons (Fsp3) is 0.500. The summed E-state index contributed by atoms with van der Waals surface area (Å²) in [5, 5.41) is 10.8. The van der Waals surface area contributed by atoms with Crippen LogP contribution >= 0.6 is 11.8 Å². The quantitative estimate of drug-likeness (QED) is 0.822. The third kappa shape index (κ3) is 3.24. The lowest BCUT2D eigenvalue weighted by atomic mass is 9.95. The second kappa shape index (κ2) is 6.31. The zero-order chi connectivity index (χ0) is 15.6. The van der Waals surface area contributed by atoms with E-state index in [1.54, 1.807) is 12.4 Å². The molecule has 2 aromatic rings. The monoisotopic (exact) mass is 329 g/mol. The molecule has 1 amide bonds. The molecule has 0 spiro atoms. The van der Waals surface area contributed by atoms with Crippen molar-refractivity contribution >= 4 is 17.7 Å². The van der Waals surface area contributed by atoms with E-state index in [-0.39, 0.29) is 5.91 Å². The van der Waals surface area contributed by atoms with Crippen molar-refractivity contribution in [2.45, 2.75) is 36.9 Å². The number of aromatic amines is 1. The van der Waals surface area contributed by atoms with Gasteiger partial charge in [0.25, 0.3) is 0 Å². The van der Waals surface area contributed by atoms with Crippen LogP contribution in [0.4, 0.5) is 0 Å². The van der Waals surface area contributed by atoms with Crippen LogP contribution in [0.1, 0.15) is 25.7 Å². The molecule has 6 nitrogen and oxygen atoms in total. The Bertz CT molecular complexity index is 689. The van der Waals surface area contributed by atoms with Crippen LogP contribution in [0.2, 0.25) is 0 Å². The first-order valence-electron chi connectivity index (χ1n) is 8.03. The van der Waals surface area contributed by atoms with E-state index >= 15 is 0 Å². The highest BCUT2D eigenvalue weighted by molar-refractivity contribution is 7.99. The summed E-state index contributed by atoms with van der Waals surface area (Å²) in [5.74, 6) is 2.69. The zero-order valence-electron chi connectivity index (χ0n) is 12.7. The lowest BCUT2D eigenvalue weighted by Gasteiger charge is -2.22. The number of hydrogen-bond donors (Lipinski definition) is 2. The van der Waals surface area contributed by atoms with Crippen molar-refractivity contribution in [2.75, 3.05) is 5.75 Å². The predicted octanol–water partition coefficient (Wildman–Crippen LogP) is 2.26. The Hall–Kier alpha value is -1.89. The van der Waals surface area contributed by atoms with Gasteiger partial charge in [0.05, 0.1) is 5.75 Å². The van der Waals surface area contributed by atoms with Gasteiger partial charge in [-0.25, -0.2) is 4.98 Å². The summed E-state index contributed by atoms with van der Waals surface area (Å²) in [6.45, 7) is 0. The van der Waals surface area contributed by atoms with E-state index in [0.29, 0.717) is 28.7 Å². The number of H-pyrrole nitrogens is 1. The van der Waals surface area contributed by atoms with Crippen LogP contribution in [0.25, 0.3) is 11.4 Å². The first kappa shape index (κ1) is 14.7. The first-order chi connectivity index (χ1) is 11.3. The fourth-order valence-corrected chi connectivity index (χ4v) is 4.36. The van der Waals surface area contributed by atoms with Gasteiger partial charge in [0, 0.05) is 24.0 Å². The molecule has 0 radical (unpaired) electrons. The third-order valence-electron chi connectivity index (χ3n) is 4.84. The normalized spacial score (nSPS) is 25.7. The Kier molecular flexibility index (Phi) is 4.03. The molecule has 2 N–H and O–H groups in total. The average molecular weight is 329 g/mol. The van der Waals surface area contributed by atoms with Crippen molar-refractivity contribution in [3.05, 3.63) is 24.5 Å². The van der Waals surface area contributed by atoms with Crippen LogP contribution in [0.3, 0.4) is 0 Å². The van der Waals surface area contributed by atoms with Gasteiger partial charge in [0.15, 0.2) is 5.82 Å². The highest BCUT2D eigenvalue weighted by atomic mass is 32.2. The third-order valence-corrected chi connectivity index (χ3v) is 5.68. The van der Waals surface area contributed by atoms with Crippen LogP contribution in [0, 0.1) is 11.8 Å². The maximum absolute atomic E-state index is 12.1. The SMILES string of the molecule is O=C(CSc1n[nH]c(-c2ccncc2)n1)N[C@@H]1C[C@H]2CC[C@H]1C2. The minimum absolute atomic E-state index is 0.0859. The number of aromatic nitrogens is 4. The Balaban J connectivity index is 1.29. The largest absolute Gasteiger partial charge is 0.352 e. The van der Waals surface area contributed by atoms with Crippen molar-refractivity contribution < 1.29 is 4.79 Å². The maximum atomic E-state index is 12.1. The van der Waals surface area contributed by atoms with Gasteiger partial charge in [-0.2, -0.15) is 0 Å². The summed E-state index contributed by atoms with van der Waals surface area (Å²) in [4.78, 5) is 20.5. The molecule has 2 bridgehead atoms. The van der Waals surface area contributed by atoms with Gasteiger partial charge in [-0.05, 0) is 43.2 Å². The number of carbonyl (C=O) groups is 1. The lowest BCUT2D eigenvalue weighted by molar-refractivity contribution is -0.119. The van der Waals surface area contributed by atoms with Gasteiger partial charge < -0.3 is 5.32 Å². The van der Waals surface area contributed by atoms with Crippen LogP contribution in [-0.2, 0) is 4.79 Å². The van der Waals surface area contributed by atoms with E-state index in [2.05, 4.69) is 25.5 Å². The van der Waals surface area contributed by atoms with Gasteiger partial charge in [0.2, 0.25) is 11.1 Å². The number of pyridine rings is 1. The van der Waals surface area contributed by atoms with Crippen molar-refractivity contribution in [3.63, 3.8) is 0 Å². The Morgan fingerprint density at radius 3 is 2.91 bits per heavy atom.